The number of imidazole rings is 1. The number of nitrogens with zero attached hydrogens (tertiary/aromatic N) is 3. The van der Waals surface area contributed by atoms with Crippen LogP contribution in [0, 0.1) is 6.92 Å². The Labute approximate surface area is 95.7 Å². The molecule has 1 saturated heterocycles. The normalized spacial score (nSPS) is 22.0. The quantitative estimate of drug-likeness (QED) is 0.728. The van der Waals surface area contributed by atoms with Crippen LogP contribution in [0.15, 0.2) is 24.5 Å². The first-order valence-corrected chi connectivity index (χ1v) is 5.90. The average Bonchev–Trinajstić information content (AvgIpc) is 2.82. The van der Waals surface area contributed by atoms with Crippen LogP contribution in [0.1, 0.15) is 30.1 Å². The van der Waals surface area contributed by atoms with E-state index < -0.39 is 0 Å². The summed E-state index contributed by atoms with van der Waals surface area (Å²) in [6, 6.07) is 4.88. The predicted molar refractivity (Wildman–Crippen MR) is 64.5 cm³/mol. The zero-order valence-electron chi connectivity index (χ0n) is 9.85. The van der Waals surface area contributed by atoms with Crippen molar-refractivity contribution in [1.29, 1.82) is 0 Å². The Kier molecular flexibility index (Phi) is 2.21. The zero-order chi connectivity index (χ0) is 11.1. The van der Waals surface area contributed by atoms with Gasteiger partial charge in [-0.1, -0.05) is 6.07 Å². The highest BCUT2D eigenvalue weighted by Crippen LogP contribution is 2.32. The molecule has 0 aromatic carbocycles. The van der Waals surface area contributed by atoms with Crippen molar-refractivity contribution in [2.45, 2.75) is 25.8 Å². The molecule has 0 saturated carbocycles. The van der Waals surface area contributed by atoms with Gasteiger partial charge in [0.05, 0.1) is 5.69 Å². The molecule has 84 valence electrons. The number of hydrogen-bond acceptors (Lipinski definition) is 2. The summed E-state index contributed by atoms with van der Waals surface area (Å²) in [5, 5.41) is 0. The van der Waals surface area contributed by atoms with Gasteiger partial charge in [-0.2, -0.15) is 0 Å². The summed E-state index contributed by atoms with van der Waals surface area (Å²) in [6.45, 7) is 3.25. The highest BCUT2D eigenvalue weighted by Gasteiger charge is 2.24. The summed E-state index contributed by atoms with van der Waals surface area (Å²) < 4.78 is 2.14. The van der Waals surface area contributed by atoms with Gasteiger partial charge >= 0.3 is 0 Å². The van der Waals surface area contributed by atoms with Gasteiger partial charge in [0.25, 0.3) is 0 Å². The molecule has 2 aromatic heterocycles. The lowest BCUT2D eigenvalue weighted by Crippen LogP contribution is -2.18. The second-order valence-electron chi connectivity index (χ2n) is 4.72. The average molecular weight is 215 g/mol. The molecule has 16 heavy (non-hydrogen) atoms. The highest BCUT2D eigenvalue weighted by atomic mass is 15.2. The highest BCUT2D eigenvalue weighted by molar-refractivity contribution is 5.50. The first-order valence-electron chi connectivity index (χ1n) is 5.90. The Hall–Kier alpha value is -1.35. The molecule has 3 rings (SSSR count). The van der Waals surface area contributed by atoms with Crippen LogP contribution in [0.5, 0.6) is 0 Å². The van der Waals surface area contributed by atoms with E-state index in [9.17, 15) is 0 Å². The first kappa shape index (κ1) is 9.85. The molecule has 0 bridgehead atoms. The van der Waals surface area contributed by atoms with E-state index in [0.717, 1.165) is 11.3 Å². The van der Waals surface area contributed by atoms with Gasteiger partial charge in [-0.3, -0.25) is 4.90 Å². The largest absolute Gasteiger partial charge is 0.307 e. The van der Waals surface area contributed by atoms with Gasteiger partial charge in [0, 0.05) is 24.0 Å². The smallest absolute Gasteiger partial charge is 0.141 e. The molecule has 0 N–H and O–H groups in total. The van der Waals surface area contributed by atoms with Crippen LogP contribution in [0.2, 0.25) is 0 Å². The molecule has 2 aromatic rings. The number of hydrogen-bond donors (Lipinski definition) is 0. The van der Waals surface area contributed by atoms with E-state index in [0.29, 0.717) is 6.04 Å². The molecular formula is C13H17N3. The van der Waals surface area contributed by atoms with Crippen LogP contribution in [0.3, 0.4) is 0 Å². The van der Waals surface area contributed by atoms with Gasteiger partial charge in [0.2, 0.25) is 0 Å². The Morgan fingerprint density at radius 3 is 3.06 bits per heavy atom. The van der Waals surface area contributed by atoms with E-state index in [2.05, 4.69) is 52.8 Å². The second-order valence-corrected chi connectivity index (χ2v) is 4.72. The van der Waals surface area contributed by atoms with Crippen molar-refractivity contribution in [3.05, 3.63) is 35.8 Å². The summed E-state index contributed by atoms with van der Waals surface area (Å²) in [5.41, 5.74) is 3.59. The lowest BCUT2D eigenvalue weighted by molar-refractivity contribution is 0.318. The Morgan fingerprint density at radius 2 is 2.31 bits per heavy atom. The molecule has 1 aliphatic heterocycles. The van der Waals surface area contributed by atoms with Crippen molar-refractivity contribution in [2.24, 2.45) is 0 Å². The molecule has 0 amide bonds. The maximum absolute atomic E-state index is 4.63. The van der Waals surface area contributed by atoms with Crippen LogP contribution in [0.25, 0.3) is 5.65 Å². The molecule has 0 radical (unpaired) electrons. The third-order valence-corrected chi connectivity index (χ3v) is 3.51. The van der Waals surface area contributed by atoms with Gasteiger partial charge < -0.3 is 4.40 Å². The van der Waals surface area contributed by atoms with E-state index in [1.165, 1.54) is 24.9 Å². The second kappa shape index (κ2) is 3.59. The monoisotopic (exact) mass is 215 g/mol. The van der Waals surface area contributed by atoms with Gasteiger partial charge in [-0.15, -0.1) is 0 Å². The molecule has 3 heterocycles. The first-order chi connectivity index (χ1) is 7.75. The summed E-state index contributed by atoms with van der Waals surface area (Å²) in [4.78, 5) is 7.06. The lowest BCUT2D eigenvalue weighted by Gasteiger charge is -2.20. The van der Waals surface area contributed by atoms with Crippen LogP contribution in [-0.2, 0) is 0 Å². The molecule has 1 aliphatic rings. The van der Waals surface area contributed by atoms with Crippen LogP contribution in [-0.4, -0.2) is 27.9 Å². The van der Waals surface area contributed by atoms with Crippen LogP contribution < -0.4 is 0 Å². The fraction of sp³-hybridized carbons (Fsp3) is 0.462. The molecule has 1 atom stereocenters. The van der Waals surface area contributed by atoms with E-state index >= 15 is 0 Å². The third-order valence-electron chi connectivity index (χ3n) is 3.51. The number of fused-ring (bicyclic) bond motifs is 1. The van der Waals surface area contributed by atoms with Gasteiger partial charge in [-0.25, -0.2) is 4.98 Å². The minimum atomic E-state index is 0.547. The number of aryl methyl sites for hydroxylation is 1. The topological polar surface area (TPSA) is 20.5 Å². The molecule has 3 nitrogen and oxygen atoms in total. The van der Waals surface area contributed by atoms with Crippen molar-refractivity contribution < 1.29 is 0 Å². The predicted octanol–water partition coefficient (Wildman–Crippen LogP) is 2.41. The lowest BCUT2D eigenvalue weighted by atomic mass is 10.1. The van der Waals surface area contributed by atoms with Crippen LogP contribution in [0.4, 0.5) is 0 Å². The number of aromatic nitrogens is 2. The number of pyridine rings is 1. The molecule has 3 heteroatoms. The fourth-order valence-corrected chi connectivity index (χ4v) is 2.72. The van der Waals surface area contributed by atoms with E-state index in [1.54, 1.807) is 0 Å². The Bertz CT molecular complexity index is 515. The minimum absolute atomic E-state index is 0.547. The van der Waals surface area contributed by atoms with E-state index in [-0.39, 0.29) is 0 Å². The van der Waals surface area contributed by atoms with Gasteiger partial charge in [-0.05, 0) is 39.4 Å². The standard InChI is InChI=1S/C13H17N3/c1-10-9-16-8-3-5-11(13(16)14-10)12-6-4-7-15(12)2/h3,5,8-9,12H,4,6-7H2,1-2H3/t12-/m1/s1. The maximum atomic E-state index is 4.63. The van der Waals surface area contributed by atoms with Crippen LogP contribution >= 0.6 is 0 Å². The fourth-order valence-electron chi connectivity index (χ4n) is 2.72. The van der Waals surface area contributed by atoms with Crippen molar-refractivity contribution in [3.63, 3.8) is 0 Å². The third kappa shape index (κ3) is 1.43. The van der Waals surface area contributed by atoms with Crippen molar-refractivity contribution in [1.82, 2.24) is 14.3 Å². The zero-order valence-corrected chi connectivity index (χ0v) is 9.85. The molecule has 0 spiro atoms. The summed E-state index contributed by atoms with van der Waals surface area (Å²) >= 11 is 0. The van der Waals surface area contributed by atoms with Gasteiger partial charge in [0.15, 0.2) is 0 Å². The maximum Gasteiger partial charge on any atom is 0.141 e. The van der Waals surface area contributed by atoms with Crippen molar-refractivity contribution >= 4 is 5.65 Å². The SMILES string of the molecule is Cc1cn2cccc([C@H]3CCCN3C)c2n1. The Morgan fingerprint density at radius 1 is 1.44 bits per heavy atom. The molecule has 0 aliphatic carbocycles. The summed E-state index contributed by atoms with van der Waals surface area (Å²) in [7, 11) is 2.21. The summed E-state index contributed by atoms with van der Waals surface area (Å²) in [6.07, 6.45) is 6.71. The van der Waals surface area contributed by atoms with E-state index in [4.69, 9.17) is 0 Å². The van der Waals surface area contributed by atoms with Crippen molar-refractivity contribution in [3.8, 4) is 0 Å². The minimum Gasteiger partial charge on any atom is -0.307 e. The van der Waals surface area contributed by atoms with Gasteiger partial charge in [0.1, 0.15) is 5.65 Å². The molecule has 0 unspecified atom stereocenters. The summed E-state index contributed by atoms with van der Waals surface area (Å²) in [5.74, 6) is 0. The van der Waals surface area contributed by atoms with Crippen molar-refractivity contribution in [2.75, 3.05) is 13.6 Å². The molecule has 1 fully saturated rings. The number of rotatable bonds is 1. The molecular weight excluding hydrogens is 198 g/mol. The number of likely N-dealkylation sites (tertiary alicyclic amines) is 1. The van der Waals surface area contributed by atoms with E-state index in [1.807, 2.05) is 0 Å². The Balaban J connectivity index is 2.15.